The SMILES string of the molecule is Cn1c(=O)c(Cc2ccc(C(=N)N)cc2)nc2cc(C(=O)N(CCC(=O)O)c3ccccc3)ccc21. The molecule has 0 aliphatic heterocycles. The van der Waals surface area contributed by atoms with Gasteiger partial charge in [0.1, 0.15) is 11.5 Å². The van der Waals surface area contributed by atoms with Crippen molar-refractivity contribution in [3.05, 3.63) is 106 Å². The van der Waals surface area contributed by atoms with E-state index in [1.807, 2.05) is 6.07 Å². The summed E-state index contributed by atoms with van der Waals surface area (Å²) in [5.74, 6) is -1.40. The number of amides is 1. The Morgan fingerprint density at radius 2 is 1.69 bits per heavy atom. The fourth-order valence-electron chi connectivity index (χ4n) is 3.96. The number of hydrogen-bond acceptors (Lipinski definition) is 5. The minimum atomic E-state index is -1.00. The van der Waals surface area contributed by atoms with Crippen LogP contribution >= 0.6 is 0 Å². The van der Waals surface area contributed by atoms with Crippen molar-refractivity contribution in [2.24, 2.45) is 12.8 Å². The number of anilines is 1. The molecule has 0 saturated carbocycles. The second-order valence-electron chi connectivity index (χ2n) is 8.35. The van der Waals surface area contributed by atoms with Gasteiger partial charge in [-0.15, -0.1) is 0 Å². The van der Waals surface area contributed by atoms with Gasteiger partial charge in [0.15, 0.2) is 0 Å². The summed E-state index contributed by atoms with van der Waals surface area (Å²) in [4.78, 5) is 43.5. The predicted octanol–water partition coefficient (Wildman–Crippen LogP) is 2.93. The molecule has 1 heterocycles. The van der Waals surface area contributed by atoms with E-state index in [1.165, 1.54) is 9.47 Å². The third-order valence-corrected chi connectivity index (χ3v) is 5.89. The Morgan fingerprint density at radius 1 is 1.03 bits per heavy atom. The fraction of sp³-hybridized carbons (Fsp3) is 0.148. The molecule has 36 heavy (non-hydrogen) atoms. The molecule has 1 amide bonds. The second-order valence-corrected chi connectivity index (χ2v) is 8.35. The van der Waals surface area contributed by atoms with Crippen LogP contribution in [-0.2, 0) is 18.3 Å². The lowest BCUT2D eigenvalue weighted by Crippen LogP contribution is -2.33. The van der Waals surface area contributed by atoms with Gasteiger partial charge in [0, 0.05) is 36.8 Å². The largest absolute Gasteiger partial charge is 0.481 e. The number of aromatic nitrogens is 2. The zero-order chi connectivity index (χ0) is 25.8. The van der Waals surface area contributed by atoms with E-state index in [0.717, 1.165) is 5.56 Å². The number of carbonyl (C=O) groups excluding carboxylic acids is 1. The van der Waals surface area contributed by atoms with Gasteiger partial charge in [0.05, 0.1) is 17.5 Å². The lowest BCUT2D eigenvalue weighted by molar-refractivity contribution is -0.136. The number of amidine groups is 1. The summed E-state index contributed by atoms with van der Waals surface area (Å²) in [5, 5.41) is 16.7. The number of nitrogens with one attached hydrogen (secondary N) is 1. The number of aliphatic carboxylic acids is 1. The van der Waals surface area contributed by atoms with Crippen molar-refractivity contribution in [3.8, 4) is 0 Å². The smallest absolute Gasteiger partial charge is 0.305 e. The van der Waals surface area contributed by atoms with Crippen LogP contribution in [0.2, 0.25) is 0 Å². The number of nitrogen functional groups attached to an aromatic ring is 1. The molecule has 0 atom stereocenters. The summed E-state index contributed by atoms with van der Waals surface area (Å²) in [6.45, 7) is 0.0123. The predicted molar refractivity (Wildman–Crippen MR) is 138 cm³/mol. The average molecular weight is 484 g/mol. The molecule has 0 bridgehead atoms. The van der Waals surface area contributed by atoms with E-state index >= 15 is 0 Å². The Morgan fingerprint density at radius 3 is 2.33 bits per heavy atom. The number of carboxylic acids is 1. The third-order valence-electron chi connectivity index (χ3n) is 5.89. The third kappa shape index (κ3) is 5.15. The van der Waals surface area contributed by atoms with Crippen LogP contribution in [0.25, 0.3) is 11.0 Å². The molecule has 4 N–H and O–H groups in total. The number of rotatable bonds is 8. The summed E-state index contributed by atoms with van der Waals surface area (Å²) < 4.78 is 1.50. The molecular weight excluding hydrogens is 458 g/mol. The quantitative estimate of drug-likeness (QED) is 0.260. The van der Waals surface area contributed by atoms with E-state index in [9.17, 15) is 14.4 Å². The molecule has 0 spiro atoms. The number of para-hydroxylation sites is 1. The summed E-state index contributed by atoms with van der Waals surface area (Å²) >= 11 is 0. The second kappa shape index (κ2) is 10.2. The van der Waals surface area contributed by atoms with E-state index in [4.69, 9.17) is 16.2 Å². The van der Waals surface area contributed by atoms with Crippen molar-refractivity contribution in [1.29, 1.82) is 5.41 Å². The standard InChI is InChI=1S/C27H25N5O4/c1-31-23-12-11-19(26(35)32(14-13-24(33)34)20-5-3-2-4-6-20)16-21(23)30-22(27(31)36)15-17-7-9-18(10-8-17)25(28)29/h2-12,16H,13-15H2,1H3,(H3,28,29)(H,33,34). The zero-order valence-electron chi connectivity index (χ0n) is 19.6. The van der Waals surface area contributed by atoms with E-state index in [0.29, 0.717) is 33.5 Å². The number of carbonyl (C=O) groups is 2. The number of carboxylic acid groups (broad SMARTS) is 1. The molecule has 0 fully saturated rings. The number of nitrogens with zero attached hydrogens (tertiary/aromatic N) is 3. The number of hydrogen-bond donors (Lipinski definition) is 3. The lowest BCUT2D eigenvalue weighted by Gasteiger charge is -2.22. The zero-order valence-corrected chi connectivity index (χ0v) is 19.6. The highest BCUT2D eigenvalue weighted by Crippen LogP contribution is 2.20. The number of fused-ring (bicyclic) bond motifs is 1. The van der Waals surface area contributed by atoms with Crippen LogP contribution in [0, 0.1) is 5.41 Å². The fourth-order valence-corrected chi connectivity index (χ4v) is 3.96. The topological polar surface area (TPSA) is 142 Å². The molecule has 0 aliphatic carbocycles. The summed E-state index contributed by atoms with van der Waals surface area (Å²) in [6.07, 6.45) is 0.0707. The number of benzene rings is 3. The molecule has 4 rings (SSSR count). The van der Waals surface area contributed by atoms with Gasteiger partial charge in [0.25, 0.3) is 11.5 Å². The van der Waals surface area contributed by atoms with Gasteiger partial charge in [-0.05, 0) is 35.9 Å². The van der Waals surface area contributed by atoms with Crippen LogP contribution in [0.4, 0.5) is 5.69 Å². The van der Waals surface area contributed by atoms with Crippen molar-refractivity contribution in [2.45, 2.75) is 12.8 Å². The van der Waals surface area contributed by atoms with Crippen LogP contribution in [0.5, 0.6) is 0 Å². The van der Waals surface area contributed by atoms with Crippen molar-refractivity contribution >= 4 is 34.4 Å². The van der Waals surface area contributed by atoms with E-state index in [2.05, 4.69) is 4.98 Å². The molecule has 9 heteroatoms. The highest BCUT2D eigenvalue weighted by molar-refractivity contribution is 6.07. The molecule has 0 radical (unpaired) electrons. The maximum Gasteiger partial charge on any atom is 0.305 e. The molecule has 0 saturated heterocycles. The highest BCUT2D eigenvalue weighted by Gasteiger charge is 2.20. The van der Waals surface area contributed by atoms with E-state index in [1.54, 1.807) is 73.8 Å². The van der Waals surface area contributed by atoms with E-state index in [-0.39, 0.29) is 36.7 Å². The van der Waals surface area contributed by atoms with Gasteiger partial charge in [-0.25, -0.2) is 4.98 Å². The van der Waals surface area contributed by atoms with Gasteiger partial charge in [0.2, 0.25) is 0 Å². The number of nitrogens with two attached hydrogens (primary N) is 1. The monoisotopic (exact) mass is 483 g/mol. The van der Waals surface area contributed by atoms with Crippen LogP contribution < -0.4 is 16.2 Å². The average Bonchev–Trinajstić information content (AvgIpc) is 2.87. The minimum Gasteiger partial charge on any atom is -0.481 e. The van der Waals surface area contributed by atoms with Crippen molar-refractivity contribution in [3.63, 3.8) is 0 Å². The summed E-state index contributed by atoms with van der Waals surface area (Å²) in [6, 6.07) is 20.8. The molecule has 0 unspecified atom stereocenters. The molecule has 4 aromatic rings. The van der Waals surface area contributed by atoms with Crippen molar-refractivity contribution < 1.29 is 14.7 Å². The van der Waals surface area contributed by atoms with Crippen LogP contribution in [-0.4, -0.2) is 38.9 Å². The maximum absolute atomic E-state index is 13.4. The first-order chi connectivity index (χ1) is 17.2. The first-order valence-electron chi connectivity index (χ1n) is 11.3. The molecular formula is C27H25N5O4. The van der Waals surface area contributed by atoms with Crippen LogP contribution in [0.3, 0.4) is 0 Å². The minimum absolute atomic E-state index is 0.0123. The van der Waals surface area contributed by atoms with E-state index < -0.39 is 5.97 Å². The van der Waals surface area contributed by atoms with Gasteiger partial charge in [-0.2, -0.15) is 0 Å². The van der Waals surface area contributed by atoms with Gasteiger partial charge in [-0.3, -0.25) is 19.8 Å². The van der Waals surface area contributed by atoms with Crippen LogP contribution in [0.1, 0.15) is 33.6 Å². The molecule has 1 aromatic heterocycles. The molecule has 0 aliphatic rings. The first-order valence-corrected chi connectivity index (χ1v) is 11.3. The molecule has 9 nitrogen and oxygen atoms in total. The van der Waals surface area contributed by atoms with Crippen molar-refractivity contribution in [2.75, 3.05) is 11.4 Å². The summed E-state index contributed by atoms with van der Waals surface area (Å²) in [7, 11) is 1.65. The Hall–Kier alpha value is -4.79. The molecule has 3 aromatic carbocycles. The Labute approximate surface area is 206 Å². The Kier molecular flexibility index (Phi) is 6.91. The van der Waals surface area contributed by atoms with Crippen molar-refractivity contribution in [1.82, 2.24) is 9.55 Å². The Bertz CT molecular complexity index is 1510. The van der Waals surface area contributed by atoms with Gasteiger partial charge in [-0.1, -0.05) is 42.5 Å². The van der Waals surface area contributed by atoms with Gasteiger partial charge < -0.3 is 20.3 Å². The van der Waals surface area contributed by atoms with Crippen LogP contribution in [0.15, 0.2) is 77.6 Å². The summed E-state index contributed by atoms with van der Waals surface area (Å²) in [5.41, 5.74) is 8.98. The Balaban J connectivity index is 1.70. The molecule has 182 valence electrons. The highest BCUT2D eigenvalue weighted by atomic mass is 16.4. The van der Waals surface area contributed by atoms with Gasteiger partial charge >= 0.3 is 5.97 Å². The first kappa shape index (κ1) is 24.3. The maximum atomic E-state index is 13.4. The lowest BCUT2D eigenvalue weighted by atomic mass is 10.1. The number of aryl methyl sites for hydroxylation is 1. The normalized spacial score (nSPS) is 10.8.